The third-order valence-electron chi connectivity index (χ3n) is 3.26. The molecule has 87 valence electrons. The fourth-order valence-electron chi connectivity index (χ4n) is 2.30. The molecular weight excluding hydrogens is 216 g/mol. The van der Waals surface area contributed by atoms with Crippen LogP contribution in [-0.4, -0.2) is 0 Å². The van der Waals surface area contributed by atoms with Crippen molar-refractivity contribution in [2.45, 2.75) is 6.42 Å². The van der Waals surface area contributed by atoms with Gasteiger partial charge in [-0.15, -0.1) is 0 Å². The summed E-state index contributed by atoms with van der Waals surface area (Å²) < 4.78 is 0. The van der Waals surface area contributed by atoms with Crippen LogP contribution in [0.3, 0.4) is 0 Å². The van der Waals surface area contributed by atoms with E-state index in [-0.39, 0.29) is 0 Å². The molecule has 0 bridgehead atoms. The number of allylic oxidation sites excluding steroid dienone is 4. The molecule has 0 N–H and O–H groups in total. The fourth-order valence-corrected chi connectivity index (χ4v) is 2.30. The minimum atomic E-state index is 1.00. The number of benzene rings is 2. The van der Waals surface area contributed by atoms with Gasteiger partial charge in [0, 0.05) is 5.92 Å². The van der Waals surface area contributed by atoms with E-state index in [1.54, 1.807) is 0 Å². The zero-order valence-corrected chi connectivity index (χ0v) is 10.2. The Morgan fingerprint density at radius 1 is 0.667 bits per heavy atom. The third-order valence-corrected chi connectivity index (χ3v) is 3.26. The maximum Gasteiger partial charge on any atom is 0.0310 e. The van der Waals surface area contributed by atoms with Crippen molar-refractivity contribution in [1.29, 1.82) is 0 Å². The van der Waals surface area contributed by atoms with Gasteiger partial charge in [-0.2, -0.15) is 0 Å². The quantitative estimate of drug-likeness (QED) is 0.705. The molecule has 18 heavy (non-hydrogen) atoms. The van der Waals surface area contributed by atoms with Crippen molar-refractivity contribution < 1.29 is 0 Å². The van der Waals surface area contributed by atoms with Crippen LogP contribution in [0.2, 0.25) is 0 Å². The van der Waals surface area contributed by atoms with E-state index in [2.05, 4.69) is 78.9 Å². The predicted molar refractivity (Wildman–Crippen MR) is 77.0 cm³/mol. The molecule has 0 heterocycles. The SMILES string of the molecule is C1=C[C](c2ccccc2)CC(c2ccccc2)=C1. The van der Waals surface area contributed by atoms with Gasteiger partial charge in [0.15, 0.2) is 0 Å². The maximum absolute atomic E-state index is 2.21. The highest BCUT2D eigenvalue weighted by Gasteiger charge is 2.14. The number of rotatable bonds is 2. The summed E-state index contributed by atoms with van der Waals surface area (Å²) in [5.74, 6) is 1.39. The lowest BCUT2D eigenvalue weighted by Crippen LogP contribution is -2.01. The van der Waals surface area contributed by atoms with E-state index in [1.807, 2.05) is 0 Å². The van der Waals surface area contributed by atoms with Gasteiger partial charge in [-0.05, 0) is 23.1 Å². The zero-order chi connectivity index (χ0) is 12.2. The Labute approximate surface area is 108 Å². The van der Waals surface area contributed by atoms with Crippen molar-refractivity contribution in [2.75, 3.05) is 0 Å². The normalized spacial score (nSPS) is 15.4. The first-order valence-electron chi connectivity index (χ1n) is 6.27. The van der Waals surface area contributed by atoms with Crippen LogP contribution in [0.25, 0.3) is 5.57 Å². The molecule has 0 saturated heterocycles. The Morgan fingerprint density at radius 2 is 1.28 bits per heavy atom. The van der Waals surface area contributed by atoms with Gasteiger partial charge in [0.2, 0.25) is 0 Å². The van der Waals surface area contributed by atoms with Crippen molar-refractivity contribution in [3.05, 3.63) is 95.9 Å². The third kappa shape index (κ3) is 2.28. The molecule has 1 radical (unpaired) electrons. The predicted octanol–water partition coefficient (Wildman–Crippen LogP) is 4.65. The Hall–Kier alpha value is -2.08. The topological polar surface area (TPSA) is 0 Å². The lowest BCUT2D eigenvalue weighted by Gasteiger charge is -2.18. The van der Waals surface area contributed by atoms with Crippen molar-refractivity contribution in [1.82, 2.24) is 0 Å². The molecule has 1 aliphatic rings. The molecule has 0 aliphatic heterocycles. The van der Waals surface area contributed by atoms with Gasteiger partial charge in [-0.25, -0.2) is 0 Å². The van der Waals surface area contributed by atoms with Crippen molar-refractivity contribution >= 4 is 5.57 Å². The zero-order valence-electron chi connectivity index (χ0n) is 10.2. The van der Waals surface area contributed by atoms with Crippen LogP contribution in [0.5, 0.6) is 0 Å². The summed E-state index contributed by atoms with van der Waals surface area (Å²) in [6.45, 7) is 0. The Bertz CT molecular complexity index is 562. The minimum Gasteiger partial charge on any atom is -0.0724 e. The van der Waals surface area contributed by atoms with Crippen LogP contribution in [0.15, 0.2) is 78.9 Å². The molecule has 3 rings (SSSR count). The molecule has 0 atom stereocenters. The first-order valence-corrected chi connectivity index (χ1v) is 6.27. The molecule has 0 fully saturated rings. The number of hydrogen-bond donors (Lipinski definition) is 0. The van der Waals surface area contributed by atoms with E-state index in [4.69, 9.17) is 0 Å². The van der Waals surface area contributed by atoms with Crippen LogP contribution in [-0.2, 0) is 0 Å². The summed E-state index contributed by atoms with van der Waals surface area (Å²) in [6, 6.07) is 21.2. The van der Waals surface area contributed by atoms with Crippen molar-refractivity contribution in [2.24, 2.45) is 0 Å². The molecule has 0 aromatic heterocycles. The Balaban J connectivity index is 1.85. The monoisotopic (exact) mass is 231 g/mol. The summed E-state index contributed by atoms with van der Waals surface area (Å²) in [5, 5.41) is 0. The molecule has 0 nitrogen and oxygen atoms in total. The van der Waals surface area contributed by atoms with Crippen LogP contribution in [0.4, 0.5) is 0 Å². The van der Waals surface area contributed by atoms with E-state index in [9.17, 15) is 0 Å². The molecular formula is C18H15. The largest absolute Gasteiger partial charge is 0.0724 e. The van der Waals surface area contributed by atoms with Crippen molar-refractivity contribution in [3.8, 4) is 0 Å². The van der Waals surface area contributed by atoms with Crippen LogP contribution in [0.1, 0.15) is 17.5 Å². The van der Waals surface area contributed by atoms with E-state index in [1.165, 1.54) is 22.6 Å². The lowest BCUT2D eigenvalue weighted by atomic mass is 9.86. The smallest absolute Gasteiger partial charge is 0.0310 e. The second-order valence-corrected chi connectivity index (χ2v) is 4.49. The molecule has 2 aromatic rings. The van der Waals surface area contributed by atoms with Gasteiger partial charge in [0.1, 0.15) is 0 Å². The highest BCUT2D eigenvalue weighted by atomic mass is 14.2. The summed E-state index contributed by atoms with van der Waals surface area (Å²) >= 11 is 0. The molecule has 0 unspecified atom stereocenters. The highest BCUT2D eigenvalue weighted by molar-refractivity contribution is 5.72. The van der Waals surface area contributed by atoms with E-state index >= 15 is 0 Å². The molecule has 2 aromatic carbocycles. The average Bonchev–Trinajstić information content (AvgIpc) is 2.49. The second-order valence-electron chi connectivity index (χ2n) is 4.49. The van der Waals surface area contributed by atoms with Crippen LogP contribution in [0, 0.1) is 5.92 Å². The first-order chi connectivity index (χ1) is 8.93. The summed E-state index contributed by atoms with van der Waals surface area (Å²) in [7, 11) is 0. The van der Waals surface area contributed by atoms with Crippen molar-refractivity contribution in [3.63, 3.8) is 0 Å². The van der Waals surface area contributed by atoms with E-state index < -0.39 is 0 Å². The minimum absolute atomic E-state index is 1.00. The summed E-state index contributed by atoms with van der Waals surface area (Å²) in [5.41, 5.74) is 4.02. The second kappa shape index (κ2) is 5.05. The molecule has 0 amide bonds. The Morgan fingerprint density at radius 3 is 1.94 bits per heavy atom. The average molecular weight is 231 g/mol. The van der Waals surface area contributed by atoms with Gasteiger partial charge >= 0.3 is 0 Å². The van der Waals surface area contributed by atoms with Crippen LogP contribution < -0.4 is 0 Å². The first kappa shape index (κ1) is 11.0. The number of hydrogen-bond acceptors (Lipinski definition) is 0. The van der Waals surface area contributed by atoms with Gasteiger partial charge in [-0.3, -0.25) is 0 Å². The summed E-state index contributed by atoms with van der Waals surface area (Å²) in [6.07, 6.45) is 7.57. The highest BCUT2D eigenvalue weighted by Crippen LogP contribution is 2.32. The molecule has 0 heteroatoms. The van der Waals surface area contributed by atoms with E-state index in [0.29, 0.717) is 0 Å². The lowest BCUT2D eigenvalue weighted by molar-refractivity contribution is 1.11. The standard InChI is InChI=1S/C18H15/c1-3-8-15(9-4-1)17-12-7-13-18(14-17)16-10-5-2-6-11-16/h1-13H,14H2. The van der Waals surface area contributed by atoms with Crippen LogP contribution >= 0.6 is 0 Å². The molecule has 1 aliphatic carbocycles. The Kier molecular flexibility index (Phi) is 3.10. The van der Waals surface area contributed by atoms with Gasteiger partial charge < -0.3 is 0 Å². The van der Waals surface area contributed by atoms with Gasteiger partial charge in [0.25, 0.3) is 0 Å². The maximum atomic E-state index is 2.21. The fraction of sp³-hybridized carbons (Fsp3) is 0.0556. The molecule has 0 spiro atoms. The summed E-state index contributed by atoms with van der Waals surface area (Å²) in [4.78, 5) is 0. The van der Waals surface area contributed by atoms with Gasteiger partial charge in [-0.1, -0.05) is 78.9 Å². The van der Waals surface area contributed by atoms with Gasteiger partial charge in [0.05, 0.1) is 0 Å². The van der Waals surface area contributed by atoms with E-state index in [0.717, 1.165) is 6.42 Å². The molecule has 0 saturated carbocycles.